The van der Waals surface area contributed by atoms with Gasteiger partial charge in [0, 0.05) is 24.2 Å². The van der Waals surface area contributed by atoms with Gasteiger partial charge in [-0.25, -0.2) is 0 Å². The van der Waals surface area contributed by atoms with Crippen molar-refractivity contribution >= 4 is 40.1 Å². The Morgan fingerprint density at radius 2 is 2.26 bits per heavy atom. The van der Waals surface area contributed by atoms with E-state index in [1.54, 1.807) is 6.07 Å². The largest absolute Gasteiger partial charge is 0.326 e. The normalized spacial score (nSPS) is 22.0. The van der Waals surface area contributed by atoms with Gasteiger partial charge in [0.05, 0.1) is 11.0 Å². The molecule has 2 aliphatic rings. The third-order valence-corrected chi connectivity index (χ3v) is 4.43. The molecule has 2 amide bonds. The predicted molar refractivity (Wildman–Crippen MR) is 86.3 cm³/mol. The number of aliphatic imine (C=N–C) groups is 1. The van der Waals surface area contributed by atoms with Crippen molar-refractivity contribution in [3.63, 3.8) is 0 Å². The number of anilines is 1. The minimum atomic E-state index is -0.531. The minimum Gasteiger partial charge on any atom is -0.326 e. The van der Waals surface area contributed by atoms with Crippen LogP contribution in [0.1, 0.15) is 19.3 Å². The number of hydrogen-bond donors (Lipinski definition) is 2. The molecule has 9 heteroatoms. The number of nitro groups is 1. The molecule has 3 rings (SSSR count). The van der Waals surface area contributed by atoms with Crippen molar-refractivity contribution in [2.75, 3.05) is 5.32 Å². The Kier molecular flexibility index (Phi) is 4.28. The number of rotatable bonds is 5. The Labute approximate surface area is 135 Å². The number of nitrogens with zero attached hydrogens (tertiary/aromatic N) is 2. The van der Waals surface area contributed by atoms with E-state index in [0.717, 1.165) is 12.8 Å². The van der Waals surface area contributed by atoms with E-state index in [2.05, 4.69) is 15.6 Å². The second-order valence-corrected chi connectivity index (χ2v) is 6.51. The van der Waals surface area contributed by atoms with E-state index in [1.165, 1.54) is 30.0 Å². The maximum absolute atomic E-state index is 12.0. The number of carbonyl (C=O) groups excluding carboxylic acids is 2. The molecular weight excluding hydrogens is 320 g/mol. The highest BCUT2D eigenvalue weighted by Crippen LogP contribution is 2.29. The molecule has 0 aromatic heterocycles. The zero-order valence-corrected chi connectivity index (χ0v) is 12.8. The van der Waals surface area contributed by atoms with Gasteiger partial charge in [-0.15, -0.1) is 0 Å². The lowest BCUT2D eigenvalue weighted by molar-refractivity contribution is -0.384. The standard InChI is InChI=1S/C14H14N4O4S/c19-12(15-9-2-1-3-10(6-9)18(21)22)7-11-13(20)17-14(23-11)16-8-4-5-8/h1-3,6,8,11H,4-5,7H2,(H,15,19)(H,16,17,20). The van der Waals surface area contributed by atoms with E-state index >= 15 is 0 Å². The Morgan fingerprint density at radius 3 is 2.96 bits per heavy atom. The molecule has 1 atom stereocenters. The summed E-state index contributed by atoms with van der Waals surface area (Å²) in [4.78, 5) is 38.4. The summed E-state index contributed by atoms with van der Waals surface area (Å²) in [6.07, 6.45) is 2.07. The Bertz CT molecular complexity index is 702. The number of carbonyl (C=O) groups is 2. The van der Waals surface area contributed by atoms with Crippen LogP contribution in [0.2, 0.25) is 0 Å². The second-order valence-electron chi connectivity index (χ2n) is 5.32. The van der Waals surface area contributed by atoms with E-state index < -0.39 is 10.2 Å². The molecule has 0 radical (unpaired) electrons. The molecule has 23 heavy (non-hydrogen) atoms. The van der Waals surface area contributed by atoms with Crippen LogP contribution in [-0.2, 0) is 9.59 Å². The van der Waals surface area contributed by atoms with Crippen LogP contribution in [0.15, 0.2) is 29.3 Å². The van der Waals surface area contributed by atoms with E-state index in [0.29, 0.717) is 16.9 Å². The molecule has 1 aliphatic heterocycles. The SMILES string of the molecule is O=C(CC1SC(=NC2CC2)NC1=O)Nc1cccc([N+](=O)[O-])c1. The van der Waals surface area contributed by atoms with Crippen LogP contribution in [0, 0.1) is 10.1 Å². The zero-order valence-electron chi connectivity index (χ0n) is 12.0. The molecule has 1 saturated carbocycles. The molecule has 1 saturated heterocycles. The lowest BCUT2D eigenvalue weighted by Crippen LogP contribution is -2.28. The fraction of sp³-hybridized carbons (Fsp3) is 0.357. The van der Waals surface area contributed by atoms with Crippen molar-refractivity contribution in [3.8, 4) is 0 Å². The summed E-state index contributed by atoms with van der Waals surface area (Å²) in [5.74, 6) is -0.602. The van der Waals surface area contributed by atoms with Gasteiger partial charge < -0.3 is 10.6 Å². The first-order valence-electron chi connectivity index (χ1n) is 7.11. The number of thioether (sulfide) groups is 1. The first-order chi connectivity index (χ1) is 11.0. The van der Waals surface area contributed by atoms with Crippen molar-refractivity contribution in [1.29, 1.82) is 0 Å². The Hall–Kier alpha value is -2.42. The summed E-state index contributed by atoms with van der Waals surface area (Å²) in [5, 5.41) is 16.0. The maximum atomic E-state index is 12.0. The van der Waals surface area contributed by atoms with Crippen LogP contribution in [-0.4, -0.2) is 33.2 Å². The summed E-state index contributed by atoms with van der Waals surface area (Å²) in [6.45, 7) is 0. The first kappa shape index (κ1) is 15.5. The van der Waals surface area contributed by atoms with Crippen molar-refractivity contribution in [3.05, 3.63) is 34.4 Å². The van der Waals surface area contributed by atoms with E-state index in [9.17, 15) is 19.7 Å². The van der Waals surface area contributed by atoms with Gasteiger partial charge in [-0.3, -0.25) is 24.7 Å². The molecule has 2 N–H and O–H groups in total. The van der Waals surface area contributed by atoms with Crippen LogP contribution in [0.4, 0.5) is 11.4 Å². The number of nitrogens with one attached hydrogen (secondary N) is 2. The third-order valence-electron chi connectivity index (χ3n) is 3.33. The van der Waals surface area contributed by atoms with Crippen LogP contribution in [0.5, 0.6) is 0 Å². The molecule has 1 heterocycles. The van der Waals surface area contributed by atoms with Crippen LogP contribution in [0.25, 0.3) is 0 Å². The smallest absolute Gasteiger partial charge is 0.271 e. The summed E-state index contributed by atoms with van der Waals surface area (Å²) < 4.78 is 0. The van der Waals surface area contributed by atoms with E-state index in [4.69, 9.17) is 0 Å². The van der Waals surface area contributed by atoms with Gasteiger partial charge in [-0.1, -0.05) is 17.8 Å². The van der Waals surface area contributed by atoms with Crippen molar-refractivity contribution in [1.82, 2.24) is 5.32 Å². The van der Waals surface area contributed by atoms with Crippen LogP contribution < -0.4 is 10.6 Å². The lowest BCUT2D eigenvalue weighted by atomic mass is 10.2. The number of amidine groups is 1. The molecular formula is C14H14N4O4S. The average molecular weight is 334 g/mol. The summed E-state index contributed by atoms with van der Waals surface area (Å²) in [5.41, 5.74) is 0.231. The van der Waals surface area contributed by atoms with Gasteiger partial charge in [0.15, 0.2) is 5.17 Å². The second kappa shape index (κ2) is 6.37. The highest BCUT2D eigenvalue weighted by molar-refractivity contribution is 8.15. The summed E-state index contributed by atoms with van der Waals surface area (Å²) in [6, 6.07) is 5.98. The van der Waals surface area contributed by atoms with Gasteiger partial charge in [0.25, 0.3) is 5.69 Å². The lowest BCUT2D eigenvalue weighted by Gasteiger charge is -2.07. The third kappa shape index (κ3) is 4.07. The molecule has 0 spiro atoms. The number of amides is 2. The quantitative estimate of drug-likeness (QED) is 0.628. The number of nitro benzene ring substituents is 1. The topological polar surface area (TPSA) is 114 Å². The van der Waals surface area contributed by atoms with Gasteiger partial charge in [0.1, 0.15) is 5.25 Å². The molecule has 8 nitrogen and oxygen atoms in total. The van der Waals surface area contributed by atoms with Crippen LogP contribution >= 0.6 is 11.8 Å². The monoisotopic (exact) mass is 334 g/mol. The number of non-ortho nitro benzene ring substituents is 1. The Morgan fingerprint density at radius 1 is 1.48 bits per heavy atom. The minimum absolute atomic E-state index is 0.0110. The van der Waals surface area contributed by atoms with Gasteiger partial charge >= 0.3 is 0 Å². The fourth-order valence-corrected chi connectivity index (χ4v) is 3.09. The molecule has 1 aliphatic carbocycles. The maximum Gasteiger partial charge on any atom is 0.271 e. The number of hydrogen-bond acceptors (Lipinski definition) is 6. The van der Waals surface area contributed by atoms with E-state index in [-0.39, 0.29) is 23.9 Å². The molecule has 120 valence electrons. The molecule has 1 aromatic carbocycles. The molecule has 2 fully saturated rings. The molecule has 1 unspecified atom stereocenters. The highest BCUT2D eigenvalue weighted by Gasteiger charge is 2.33. The van der Waals surface area contributed by atoms with Gasteiger partial charge in [-0.05, 0) is 18.9 Å². The molecule has 0 bridgehead atoms. The van der Waals surface area contributed by atoms with Crippen LogP contribution in [0.3, 0.4) is 0 Å². The van der Waals surface area contributed by atoms with E-state index in [1.807, 2.05) is 0 Å². The average Bonchev–Trinajstić information content (AvgIpc) is 3.24. The molecule has 1 aromatic rings. The summed E-state index contributed by atoms with van der Waals surface area (Å²) >= 11 is 1.25. The van der Waals surface area contributed by atoms with Crippen molar-refractivity contribution in [2.45, 2.75) is 30.6 Å². The highest BCUT2D eigenvalue weighted by atomic mass is 32.2. The summed E-state index contributed by atoms with van der Waals surface area (Å²) in [7, 11) is 0. The number of benzene rings is 1. The van der Waals surface area contributed by atoms with Gasteiger partial charge in [-0.2, -0.15) is 0 Å². The zero-order chi connectivity index (χ0) is 16.4. The fourth-order valence-electron chi connectivity index (χ4n) is 2.05. The first-order valence-corrected chi connectivity index (χ1v) is 7.99. The Balaban J connectivity index is 1.58. The van der Waals surface area contributed by atoms with Gasteiger partial charge in [0.2, 0.25) is 11.8 Å². The van der Waals surface area contributed by atoms with Crippen molar-refractivity contribution in [2.24, 2.45) is 4.99 Å². The van der Waals surface area contributed by atoms with Crippen molar-refractivity contribution < 1.29 is 14.5 Å². The predicted octanol–water partition coefficient (Wildman–Crippen LogP) is 1.67.